The Labute approximate surface area is 172 Å². The van der Waals surface area contributed by atoms with Crippen molar-refractivity contribution >= 4 is 23.3 Å². The Kier molecular flexibility index (Phi) is 6.75. The highest BCUT2D eigenvalue weighted by Crippen LogP contribution is 2.28. The smallest absolute Gasteiger partial charge is 0.321 e. The molecule has 0 aliphatic carbocycles. The second-order valence-corrected chi connectivity index (χ2v) is 7.71. The highest BCUT2D eigenvalue weighted by molar-refractivity contribution is 6.02. The molecule has 2 aromatic carbocycles. The summed E-state index contributed by atoms with van der Waals surface area (Å²) in [5.74, 6) is -0.136. The number of nitrogens with one attached hydrogen (secondary N) is 2. The average Bonchev–Trinajstić information content (AvgIpc) is 2.74. The first kappa shape index (κ1) is 20.7. The predicted molar refractivity (Wildman–Crippen MR) is 118 cm³/mol. The molecule has 2 aromatic rings. The third-order valence-electron chi connectivity index (χ3n) is 5.24. The van der Waals surface area contributed by atoms with Gasteiger partial charge in [-0.2, -0.15) is 0 Å². The van der Waals surface area contributed by atoms with E-state index < -0.39 is 0 Å². The third kappa shape index (κ3) is 5.28. The lowest BCUT2D eigenvalue weighted by Crippen LogP contribution is -2.33. The van der Waals surface area contributed by atoms with Crippen molar-refractivity contribution < 1.29 is 9.59 Å². The Morgan fingerprint density at radius 1 is 1.00 bits per heavy atom. The van der Waals surface area contributed by atoms with E-state index in [0.717, 1.165) is 37.2 Å². The molecule has 0 aromatic heterocycles. The molecule has 6 heteroatoms. The Morgan fingerprint density at radius 2 is 1.69 bits per heavy atom. The van der Waals surface area contributed by atoms with Crippen LogP contribution in [0.1, 0.15) is 48.1 Å². The van der Waals surface area contributed by atoms with Gasteiger partial charge in [0.25, 0.3) is 5.91 Å². The van der Waals surface area contributed by atoms with Crippen molar-refractivity contribution in [2.45, 2.75) is 32.2 Å². The molecule has 1 aliphatic rings. The lowest BCUT2D eigenvalue weighted by molar-refractivity contribution is 0.0940. The van der Waals surface area contributed by atoms with Crippen molar-refractivity contribution in [3.8, 4) is 0 Å². The van der Waals surface area contributed by atoms with Gasteiger partial charge in [-0.25, -0.2) is 4.79 Å². The van der Waals surface area contributed by atoms with Crippen LogP contribution in [0.2, 0.25) is 0 Å². The number of anilines is 2. The molecule has 1 atom stereocenters. The number of hydrogen-bond donors (Lipinski definition) is 2. The van der Waals surface area contributed by atoms with E-state index in [9.17, 15) is 9.59 Å². The summed E-state index contributed by atoms with van der Waals surface area (Å²) in [5.41, 5.74) is 3.18. The first-order chi connectivity index (χ1) is 14.0. The second kappa shape index (κ2) is 9.45. The first-order valence-electron chi connectivity index (χ1n) is 10.2. The fraction of sp³-hybridized carbons (Fsp3) is 0.391. The van der Waals surface area contributed by atoms with E-state index >= 15 is 0 Å². The van der Waals surface area contributed by atoms with Crippen LogP contribution < -0.4 is 15.5 Å². The number of nitrogens with zero attached hydrogens (tertiary/aromatic N) is 2. The number of rotatable bonds is 5. The molecule has 0 radical (unpaired) electrons. The Balaban J connectivity index is 1.87. The van der Waals surface area contributed by atoms with Crippen molar-refractivity contribution in [3.05, 3.63) is 59.7 Å². The van der Waals surface area contributed by atoms with E-state index in [1.165, 1.54) is 11.3 Å². The monoisotopic (exact) mass is 394 g/mol. The lowest BCUT2D eigenvalue weighted by atomic mass is 10.0. The van der Waals surface area contributed by atoms with E-state index in [2.05, 4.69) is 15.5 Å². The highest BCUT2D eigenvalue weighted by atomic mass is 16.2. The van der Waals surface area contributed by atoms with Crippen LogP contribution in [0.25, 0.3) is 0 Å². The summed E-state index contributed by atoms with van der Waals surface area (Å²) in [6.07, 6.45) is 3.47. The molecule has 2 N–H and O–H groups in total. The molecule has 0 saturated carbocycles. The Bertz CT molecular complexity index is 845. The number of carbonyl (C=O) groups excluding carboxylic acids is 2. The summed E-state index contributed by atoms with van der Waals surface area (Å²) in [7, 11) is 3.37. The standard InChI is InChI=1S/C23H30N4O2/c1-17(18-10-6-4-7-11-18)24-22(28)20-16-19(25-23(29)26(2)3)12-13-21(20)27-14-8-5-9-15-27/h4,6-7,10-13,16-17H,5,8-9,14-15H2,1-3H3,(H,24,28)(H,25,29). The van der Waals surface area contributed by atoms with E-state index in [4.69, 9.17) is 0 Å². The molecule has 154 valence electrons. The lowest BCUT2D eigenvalue weighted by Gasteiger charge is -2.31. The van der Waals surface area contributed by atoms with Gasteiger partial charge in [-0.1, -0.05) is 30.3 Å². The molecular formula is C23H30N4O2. The molecule has 0 spiro atoms. The molecule has 3 amide bonds. The van der Waals surface area contributed by atoms with Crippen molar-refractivity contribution in [1.82, 2.24) is 10.2 Å². The molecule has 3 rings (SSSR count). The van der Waals surface area contributed by atoms with E-state index in [-0.39, 0.29) is 18.0 Å². The van der Waals surface area contributed by atoms with Crippen LogP contribution >= 0.6 is 0 Å². The van der Waals surface area contributed by atoms with Gasteiger partial charge >= 0.3 is 6.03 Å². The normalized spacial score (nSPS) is 14.8. The molecule has 1 heterocycles. The van der Waals surface area contributed by atoms with Gasteiger partial charge in [0, 0.05) is 38.6 Å². The number of amides is 3. The van der Waals surface area contributed by atoms with Crippen LogP contribution in [0.4, 0.5) is 16.2 Å². The van der Waals surface area contributed by atoms with Crippen LogP contribution in [-0.2, 0) is 0 Å². The van der Waals surface area contributed by atoms with Crippen molar-refractivity contribution in [1.29, 1.82) is 0 Å². The zero-order valence-corrected chi connectivity index (χ0v) is 17.4. The minimum Gasteiger partial charge on any atom is -0.371 e. The number of benzene rings is 2. The van der Waals surface area contributed by atoms with Gasteiger partial charge in [0.1, 0.15) is 0 Å². The van der Waals surface area contributed by atoms with Gasteiger partial charge < -0.3 is 20.4 Å². The average molecular weight is 395 g/mol. The zero-order valence-electron chi connectivity index (χ0n) is 17.4. The van der Waals surface area contributed by atoms with E-state index in [1.807, 2.05) is 49.4 Å². The van der Waals surface area contributed by atoms with Crippen LogP contribution in [0.3, 0.4) is 0 Å². The summed E-state index contributed by atoms with van der Waals surface area (Å²) in [5, 5.41) is 5.95. The molecule has 1 unspecified atom stereocenters. The molecule has 1 fully saturated rings. The molecular weight excluding hydrogens is 364 g/mol. The largest absolute Gasteiger partial charge is 0.371 e. The van der Waals surface area contributed by atoms with Gasteiger partial charge in [-0.3, -0.25) is 4.79 Å². The van der Waals surface area contributed by atoms with E-state index in [0.29, 0.717) is 11.3 Å². The minimum atomic E-state index is -0.222. The Morgan fingerprint density at radius 3 is 2.34 bits per heavy atom. The zero-order chi connectivity index (χ0) is 20.8. The van der Waals surface area contributed by atoms with Crippen molar-refractivity contribution in [3.63, 3.8) is 0 Å². The maximum atomic E-state index is 13.2. The molecule has 6 nitrogen and oxygen atoms in total. The Hall–Kier alpha value is -3.02. The van der Waals surface area contributed by atoms with Crippen LogP contribution in [0.5, 0.6) is 0 Å². The number of hydrogen-bond acceptors (Lipinski definition) is 3. The number of piperidine rings is 1. The third-order valence-corrected chi connectivity index (χ3v) is 5.24. The van der Waals surface area contributed by atoms with Crippen LogP contribution in [0.15, 0.2) is 48.5 Å². The van der Waals surface area contributed by atoms with Crippen molar-refractivity contribution in [2.24, 2.45) is 0 Å². The van der Waals surface area contributed by atoms with Gasteiger partial charge in [0.2, 0.25) is 0 Å². The molecule has 29 heavy (non-hydrogen) atoms. The minimum absolute atomic E-state index is 0.113. The number of carbonyl (C=O) groups is 2. The molecule has 1 saturated heterocycles. The summed E-state index contributed by atoms with van der Waals surface area (Å²) >= 11 is 0. The molecule has 1 aliphatic heterocycles. The summed E-state index contributed by atoms with van der Waals surface area (Å²) in [6.45, 7) is 3.86. The predicted octanol–water partition coefficient (Wildman–Crippen LogP) is 4.26. The fourth-order valence-electron chi connectivity index (χ4n) is 3.54. The fourth-order valence-corrected chi connectivity index (χ4v) is 3.54. The van der Waals surface area contributed by atoms with Gasteiger partial charge in [-0.05, 0) is 49.9 Å². The summed E-state index contributed by atoms with van der Waals surface area (Å²) in [6, 6.07) is 15.2. The van der Waals surface area contributed by atoms with E-state index in [1.54, 1.807) is 20.2 Å². The SMILES string of the molecule is CC(NC(=O)c1cc(NC(=O)N(C)C)ccc1N1CCCCC1)c1ccccc1. The van der Waals surface area contributed by atoms with Crippen LogP contribution in [-0.4, -0.2) is 44.0 Å². The maximum Gasteiger partial charge on any atom is 0.321 e. The highest BCUT2D eigenvalue weighted by Gasteiger charge is 2.21. The topological polar surface area (TPSA) is 64.7 Å². The summed E-state index contributed by atoms with van der Waals surface area (Å²) < 4.78 is 0. The molecule has 0 bridgehead atoms. The maximum absolute atomic E-state index is 13.2. The number of urea groups is 1. The first-order valence-corrected chi connectivity index (χ1v) is 10.2. The summed E-state index contributed by atoms with van der Waals surface area (Å²) in [4.78, 5) is 29.0. The van der Waals surface area contributed by atoms with Gasteiger partial charge in [0.05, 0.1) is 11.6 Å². The van der Waals surface area contributed by atoms with Gasteiger partial charge in [-0.15, -0.1) is 0 Å². The van der Waals surface area contributed by atoms with Gasteiger partial charge in [0.15, 0.2) is 0 Å². The van der Waals surface area contributed by atoms with Crippen molar-refractivity contribution in [2.75, 3.05) is 37.4 Å². The second-order valence-electron chi connectivity index (χ2n) is 7.71. The van der Waals surface area contributed by atoms with Crippen LogP contribution in [0, 0.1) is 0 Å². The quantitative estimate of drug-likeness (QED) is 0.796.